The van der Waals surface area contributed by atoms with Gasteiger partial charge in [0.2, 0.25) is 5.91 Å². The third-order valence-electron chi connectivity index (χ3n) is 6.87. The monoisotopic (exact) mass is 489 g/mol. The minimum absolute atomic E-state index is 0.0941. The molecule has 1 heterocycles. The molecule has 3 aromatic carbocycles. The number of likely N-dealkylation sites (tertiary alicyclic amines) is 1. The number of ether oxygens (including phenoxy) is 3. The van der Waals surface area contributed by atoms with Gasteiger partial charge in [-0.25, -0.2) is 0 Å². The van der Waals surface area contributed by atoms with Crippen LogP contribution in [0.2, 0.25) is 0 Å². The SMILES string of the molecule is COC(OC)(OC(c1ccccc1)(c1ccccc1)c1ccccc1)C1CC(O)CN1C(=O)C(C)C. The van der Waals surface area contributed by atoms with Crippen LogP contribution in [0.3, 0.4) is 0 Å². The summed E-state index contributed by atoms with van der Waals surface area (Å²) in [5, 5.41) is 10.6. The fourth-order valence-corrected chi connectivity index (χ4v) is 5.14. The minimum Gasteiger partial charge on any atom is -0.391 e. The summed E-state index contributed by atoms with van der Waals surface area (Å²) in [6, 6.07) is 29.1. The van der Waals surface area contributed by atoms with Crippen molar-refractivity contribution in [1.82, 2.24) is 4.90 Å². The summed E-state index contributed by atoms with van der Waals surface area (Å²) in [6.07, 6.45) is -0.459. The first-order valence-corrected chi connectivity index (χ1v) is 12.3. The van der Waals surface area contributed by atoms with Crippen LogP contribution in [-0.2, 0) is 24.6 Å². The summed E-state index contributed by atoms with van der Waals surface area (Å²) < 4.78 is 19.2. The third-order valence-corrected chi connectivity index (χ3v) is 6.87. The second-order valence-electron chi connectivity index (χ2n) is 9.44. The highest BCUT2D eigenvalue weighted by Gasteiger charge is 2.56. The number of aliphatic hydroxyl groups excluding tert-OH is 1. The summed E-state index contributed by atoms with van der Waals surface area (Å²) in [5.41, 5.74) is 1.49. The predicted molar refractivity (Wildman–Crippen MR) is 138 cm³/mol. The van der Waals surface area contributed by atoms with E-state index in [4.69, 9.17) is 14.2 Å². The maximum Gasteiger partial charge on any atom is 0.305 e. The van der Waals surface area contributed by atoms with Crippen LogP contribution in [0.25, 0.3) is 0 Å². The number of aliphatic hydroxyl groups is 1. The number of β-amino-alcohol motifs (C(OH)–C–C–N with tert-alkyl or cyclic N) is 1. The van der Waals surface area contributed by atoms with E-state index in [1.54, 1.807) is 4.90 Å². The van der Waals surface area contributed by atoms with Crippen molar-refractivity contribution in [2.24, 2.45) is 5.92 Å². The summed E-state index contributed by atoms with van der Waals surface area (Å²) >= 11 is 0. The van der Waals surface area contributed by atoms with Gasteiger partial charge in [0, 0.05) is 33.1 Å². The molecule has 190 valence electrons. The third kappa shape index (κ3) is 4.70. The Kier molecular flexibility index (Phi) is 7.91. The number of carbonyl (C=O) groups excluding carboxylic acids is 1. The highest BCUT2D eigenvalue weighted by molar-refractivity contribution is 5.79. The number of carbonyl (C=O) groups is 1. The van der Waals surface area contributed by atoms with Crippen LogP contribution < -0.4 is 0 Å². The van der Waals surface area contributed by atoms with Crippen molar-refractivity contribution < 1.29 is 24.1 Å². The molecule has 0 bridgehead atoms. The molecular weight excluding hydrogens is 454 g/mol. The molecule has 1 aliphatic heterocycles. The van der Waals surface area contributed by atoms with Gasteiger partial charge in [0.15, 0.2) is 0 Å². The Morgan fingerprint density at radius 2 is 1.25 bits per heavy atom. The normalized spacial score (nSPS) is 18.6. The van der Waals surface area contributed by atoms with Crippen LogP contribution in [0.5, 0.6) is 0 Å². The number of methoxy groups -OCH3 is 2. The quantitative estimate of drug-likeness (QED) is 0.353. The van der Waals surface area contributed by atoms with Crippen molar-refractivity contribution in [1.29, 1.82) is 0 Å². The summed E-state index contributed by atoms with van der Waals surface area (Å²) in [6.45, 7) is 3.87. The smallest absolute Gasteiger partial charge is 0.305 e. The first kappa shape index (κ1) is 26.0. The molecule has 2 atom stereocenters. The van der Waals surface area contributed by atoms with Crippen molar-refractivity contribution in [3.05, 3.63) is 108 Å². The van der Waals surface area contributed by atoms with E-state index >= 15 is 0 Å². The molecule has 6 nitrogen and oxygen atoms in total. The van der Waals surface area contributed by atoms with Gasteiger partial charge in [-0.05, 0) is 16.7 Å². The zero-order chi connectivity index (χ0) is 25.8. The van der Waals surface area contributed by atoms with E-state index in [2.05, 4.69) is 0 Å². The average molecular weight is 490 g/mol. The molecule has 3 aromatic rings. The molecule has 0 spiro atoms. The standard InChI is InChI=1S/C30H35NO5/c1-22(2)28(33)31-21-26(32)20-27(31)30(34-3,35-4)36-29(23-14-8-5-9-15-23,24-16-10-6-11-17-24)25-18-12-7-13-19-25/h5-19,22,26-27,32H,20-21H2,1-4H3. The molecule has 4 rings (SSSR count). The lowest BCUT2D eigenvalue weighted by Crippen LogP contribution is -2.59. The largest absolute Gasteiger partial charge is 0.391 e. The highest BCUT2D eigenvalue weighted by atomic mass is 16.9. The lowest BCUT2D eigenvalue weighted by atomic mass is 9.80. The number of hydrogen-bond donors (Lipinski definition) is 1. The molecule has 6 heteroatoms. The van der Waals surface area contributed by atoms with E-state index in [0.29, 0.717) is 0 Å². The number of rotatable bonds is 9. The molecule has 1 amide bonds. The fraction of sp³-hybridized carbons (Fsp3) is 0.367. The van der Waals surface area contributed by atoms with Gasteiger partial charge >= 0.3 is 5.97 Å². The number of amides is 1. The molecule has 2 unspecified atom stereocenters. The van der Waals surface area contributed by atoms with Gasteiger partial charge in [0.1, 0.15) is 11.6 Å². The predicted octanol–water partition coefficient (Wildman–Crippen LogP) is 4.56. The van der Waals surface area contributed by atoms with E-state index in [0.717, 1.165) is 16.7 Å². The lowest BCUT2D eigenvalue weighted by Gasteiger charge is -2.47. The topological polar surface area (TPSA) is 68.2 Å². The summed E-state index contributed by atoms with van der Waals surface area (Å²) in [5.74, 6) is -2.03. The molecule has 0 aromatic heterocycles. The van der Waals surface area contributed by atoms with Crippen LogP contribution in [-0.4, -0.2) is 54.8 Å². The molecule has 1 fully saturated rings. The molecule has 0 aliphatic carbocycles. The molecule has 1 saturated heterocycles. The first-order chi connectivity index (χ1) is 17.4. The van der Waals surface area contributed by atoms with Gasteiger partial charge in [-0.3, -0.25) is 4.79 Å². The molecule has 36 heavy (non-hydrogen) atoms. The number of hydrogen-bond acceptors (Lipinski definition) is 5. The first-order valence-electron chi connectivity index (χ1n) is 12.3. The highest BCUT2D eigenvalue weighted by Crippen LogP contribution is 2.46. The van der Waals surface area contributed by atoms with Crippen molar-refractivity contribution >= 4 is 5.91 Å². The Hall–Kier alpha value is -3.03. The van der Waals surface area contributed by atoms with E-state index in [9.17, 15) is 9.90 Å². The zero-order valence-electron chi connectivity index (χ0n) is 21.3. The minimum atomic E-state index is -1.68. The molecule has 1 N–H and O–H groups in total. The Labute approximate surface area is 213 Å². The average Bonchev–Trinajstić information content (AvgIpc) is 3.33. The Balaban J connectivity index is 1.96. The van der Waals surface area contributed by atoms with Gasteiger partial charge in [-0.2, -0.15) is 0 Å². The van der Waals surface area contributed by atoms with Gasteiger partial charge in [0.05, 0.1) is 6.10 Å². The van der Waals surface area contributed by atoms with Gasteiger partial charge in [-0.15, -0.1) is 0 Å². The van der Waals surface area contributed by atoms with Gasteiger partial charge in [0.25, 0.3) is 0 Å². The Morgan fingerprint density at radius 3 is 1.61 bits per heavy atom. The molecule has 0 saturated carbocycles. The van der Waals surface area contributed by atoms with Crippen LogP contribution in [0.4, 0.5) is 0 Å². The van der Waals surface area contributed by atoms with Crippen molar-refractivity contribution in [3.63, 3.8) is 0 Å². The zero-order valence-corrected chi connectivity index (χ0v) is 21.3. The summed E-state index contributed by atoms with van der Waals surface area (Å²) in [4.78, 5) is 14.8. The van der Waals surface area contributed by atoms with Crippen molar-refractivity contribution in [2.45, 2.75) is 44.0 Å². The van der Waals surface area contributed by atoms with E-state index < -0.39 is 23.7 Å². The van der Waals surface area contributed by atoms with Crippen molar-refractivity contribution in [2.75, 3.05) is 20.8 Å². The Morgan fingerprint density at radius 1 is 0.833 bits per heavy atom. The van der Waals surface area contributed by atoms with E-state index in [1.165, 1.54) is 14.2 Å². The molecule has 1 aliphatic rings. The van der Waals surface area contributed by atoms with Crippen LogP contribution in [0, 0.1) is 5.92 Å². The fourth-order valence-electron chi connectivity index (χ4n) is 5.14. The van der Waals surface area contributed by atoms with E-state index in [1.807, 2.05) is 105 Å². The van der Waals surface area contributed by atoms with Crippen LogP contribution in [0.15, 0.2) is 91.0 Å². The second kappa shape index (κ2) is 10.9. The van der Waals surface area contributed by atoms with Gasteiger partial charge < -0.3 is 24.2 Å². The van der Waals surface area contributed by atoms with Crippen molar-refractivity contribution in [3.8, 4) is 0 Å². The number of benzene rings is 3. The molecular formula is C30H35NO5. The Bertz CT molecular complexity index is 1020. The van der Waals surface area contributed by atoms with Crippen LogP contribution >= 0.6 is 0 Å². The second-order valence-corrected chi connectivity index (χ2v) is 9.44. The molecule has 0 radical (unpaired) electrons. The maximum absolute atomic E-state index is 13.2. The maximum atomic E-state index is 13.2. The van der Waals surface area contributed by atoms with Crippen LogP contribution in [0.1, 0.15) is 37.0 Å². The van der Waals surface area contributed by atoms with E-state index in [-0.39, 0.29) is 24.8 Å². The summed E-state index contributed by atoms with van der Waals surface area (Å²) in [7, 11) is 3.02. The van der Waals surface area contributed by atoms with Gasteiger partial charge in [-0.1, -0.05) is 105 Å². The number of nitrogens with zero attached hydrogens (tertiary/aromatic N) is 1. The lowest BCUT2D eigenvalue weighted by molar-refractivity contribution is -0.405.